The zero-order valence-corrected chi connectivity index (χ0v) is 17.9. The lowest BCUT2D eigenvalue weighted by atomic mass is 10.1. The lowest BCUT2D eigenvalue weighted by molar-refractivity contribution is 0.466. The van der Waals surface area contributed by atoms with E-state index in [0.717, 1.165) is 35.1 Å². The van der Waals surface area contributed by atoms with Crippen LogP contribution in [-0.4, -0.2) is 28.3 Å². The third-order valence-corrected chi connectivity index (χ3v) is 6.00. The monoisotopic (exact) mass is 424 g/mol. The molecule has 2 aromatic heterocycles. The van der Waals surface area contributed by atoms with Crippen LogP contribution in [0.4, 0.5) is 5.69 Å². The van der Waals surface area contributed by atoms with Gasteiger partial charge in [-0.1, -0.05) is 29.4 Å². The Morgan fingerprint density at radius 2 is 1.79 bits per heavy atom. The van der Waals surface area contributed by atoms with Crippen molar-refractivity contribution in [3.8, 4) is 11.5 Å². The van der Waals surface area contributed by atoms with Crippen LogP contribution in [0.5, 0.6) is 0 Å². The molecule has 29 heavy (non-hydrogen) atoms. The minimum absolute atomic E-state index is 0.526. The molecular weight excluding hydrogens is 404 g/mol. The van der Waals surface area contributed by atoms with Crippen LogP contribution in [0.15, 0.2) is 64.4 Å². The van der Waals surface area contributed by atoms with Gasteiger partial charge < -0.3 is 9.32 Å². The van der Waals surface area contributed by atoms with Crippen LogP contribution < -0.4 is 4.90 Å². The van der Waals surface area contributed by atoms with Gasteiger partial charge in [0.15, 0.2) is 0 Å². The number of rotatable bonds is 7. The molecular formula is C22H21ClN4OS. The largest absolute Gasteiger partial charge is 0.411 e. The van der Waals surface area contributed by atoms with E-state index in [1.165, 1.54) is 17.4 Å². The van der Waals surface area contributed by atoms with Crippen LogP contribution in [0.2, 0.25) is 5.02 Å². The van der Waals surface area contributed by atoms with Crippen LogP contribution in [0, 0.1) is 0 Å². The van der Waals surface area contributed by atoms with E-state index >= 15 is 0 Å². The summed E-state index contributed by atoms with van der Waals surface area (Å²) in [4.78, 5) is 6.77. The molecule has 0 aliphatic carbocycles. The first-order valence-corrected chi connectivity index (χ1v) is 10.9. The number of nitrogens with zero attached hydrogens (tertiary/aromatic N) is 4. The van der Waals surface area contributed by atoms with E-state index in [1.807, 2.05) is 36.4 Å². The highest BCUT2D eigenvalue weighted by Gasteiger charge is 2.12. The smallest absolute Gasteiger partial charge is 0.277 e. The maximum atomic E-state index is 6.28. The molecule has 0 saturated heterocycles. The first-order chi connectivity index (χ1) is 14.2. The van der Waals surface area contributed by atoms with Crippen LogP contribution >= 0.6 is 23.4 Å². The molecule has 2 aromatic carbocycles. The quantitative estimate of drug-likeness (QED) is 0.335. The third kappa shape index (κ3) is 4.23. The molecule has 0 aliphatic heterocycles. The second-order valence-corrected chi connectivity index (χ2v) is 7.82. The van der Waals surface area contributed by atoms with Crippen molar-refractivity contribution >= 4 is 40.0 Å². The fourth-order valence-electron chi connectivity index (χ4n) is 3.24. The number of thioether (sulfide) groups is 1. The second-order valence-electron chi connectivity index (χ2n) is 6.49. The van der Waals surface area contributed by atoms with Crippen LogP contribution in [0.25, 0.3) is 22.4 Å². The molecule has 0 bridgehead atoms. The molecule has 148 valence electrons. The molecule has 0 saturated carbocycles. The molecule has 0 atom stereocenters. The highest BCUT2D eigenvalue weighted by molar-refractivity contribution is 7.98. The molecule has 0 spiro atoms. The molecule has 4 aromatic rings. The number of anilines is 1. The van der Waals surface area contributed by atoms with Crippen molar-refractivity contribution in [1.29, 1.82) is 0 Å². The topological polar surface area (TPSA) is 55.1 Å². The third-order valence-electron chi connectivity index (χ3n) is 4.80. The summed E-state index contributed by atoms with van der Waals surface area (Å²) in [7, 11) is 0. The Morgan fingerprint density at radius 1 is 1.00 bits per heavy atom. The maximum Gasteiger partial charge on any atom is 0.277 e. The Labute approximate surface area is 179 Å². The first kappa shape index (κ1) is 19.7. The van der Waals surface area contributed by atoms with E-state index in [2.05, 4.69) is 46.1 Å². The van der Waals surface area contributed by atoms with E-state index in [-0.39, 0.29) is 0 Å². The summed E-state index contributed by atoms with van der Waals surface area (Å²) in [6.07, 6.45) is 1.78. The van der Waals surface area contributed by atoms with Gasteiger partial charge in [-0.15, -0.1) is 10.2 Å². The Hall–Kier alpha value is -2.57. The Balaban J connectivity index is 1.48. The van der Waals surface area contributed by atoms with Gasteiger partial charge in [0, 0.05) is 46.7 Å². The number of aromatic nitrogens is 3. The SMILES string of the molecule is CCN(CC)c1ccc(-c2nnc(SCc3ccc(Cl)c4cccnc34)o2)cc1. The predicted octanol–water partition coefficient (Wildman–Crippen LogP) is 6.08. The van der Waals surface area contributed by atoms with Gasteiger partial charge in [0.2, 0.25) is 5.89 Å². The lowest BCUT2D eigenvalue weighted by Crippen LogP contribution is -2.21. The Kier molecular flexibility index (Phi) is 6.02. The maximum absolute atomic E-state index is 6.28. The highest BCUT2D eigenvalue weighted by Crippen LogP contribution is 2.31. The fraction of sp³-hybridized carbons (Fsp3) is 0.227. The first-order valence-electron chi connectivity index (χ1n) is 9.53. The summed E-state index contributed by atoms with van der Waals surface area (Å²) in [5.41, 5.74) is 4.09. The zero-order valence-electron chi connectivity index (χ0n) is 16.3. The number of benzene rings is 2. The van der Waals surface area contributed by atoms with Gasteiger partial charge in [-0.05, 0) is 61.9 Å². The number of halogens is 1. The molecule has 0 radical (unpaired) electrons. The summed E-state index contributed by atoms with van der Waals surface area (Å²) >= 11 is 7.77. The van der Waals surface area contributed by atoms with Gasteiger partial charge in [0.1, 0.15) is 0 Å². The molecule has 0 amide bonds. The van der Waals surface area contributed by atoms with Crippen molar-refractivity contribution in [2.24, 2.45) is 0 Å². The van der Waals surface area contributed by atoms with Gasteiger partial charge in [0.05, 0.1) is 5.52 Å². The van der Waals surface area contributed by atoms with Gasteiger partial charge in [0.25, 0.3) is 5.22 Å². The second kappa shape index (κ2) is 8.84. The summed E-state index contributed by atoms with van der Waals surface area (Å²) in [6, 6.07) is 16.0. The van der Waals surface area contributed by atoms with E-state index in [9.17, 15) is 0 Å². The van der Waals surface area contributed by atoms with Crippen LogP contribution in [-0.2, 0) is 5.75 Å². The summed E-state index contributed by atoms with van der Waals surface area (Å²) in [5, 5.41) is 10.6. The molecule has 0 unspecified atom stereocenters. The van der Waals surface area contributed by atoms with E-state index in [0.29, 0.717) is 21.9 Å². The van der Waals surface area contributed by atoms with Crippen LogP contribution in [0.3, 0.4) is 0 Å². The van der Waals surface area contributed by atoms with Gasteiger partial charge in [-0.2, -0.15) is 0 Å². The van der Waals surface area contributed by atoms with E-state index in [4.69, 9.17) is 16.0 Å². The number of hydrogen-bond donors (Lipinski definition) is 0. The van der Waals surface area contributed by atoms with E-state index < -0.39 is 0 Å². The van der Waals surface area contributed by atoms with Crippen molar-refractivity contribution in [1.82, 2.24) is 15.2 Å². The molecule has 2 heterocycles. The average molecular weight is 425 g/mol. The summed E-state index contributed by atoms with van der Waals surface area (Å²) in [6.45, 7) is 6.26. The van der Waals surface area contributed by atoms with Crippen molar-refractivity contribution < 1.29 is 4.42 Å². The Bertz CT molecular complexity index is 1110. The minimum atomic E-state index is 0.526. The number of hydrogen-bond acceptors (Lipinski definition) is 6. The average Bonchev–Trinajstić information content (AvgIpc) is 3.24. The van der Waals surface area contributed by atoms with Gasteiger partial charge in [-0.25, -0.2) is 0 Å². The molecule has 5 nitrogen and oxygen atoms in total. The minimum Gasteiger partial charge on any atom is -0.411 e. The fourth-order valence-corrected chi connectivity index (χ4v) is 4.20. The number of fused-ring (bicyclic) bond motifs is 1. The Morgan fingerprint density at radius 3 is 2.55 bits per heavy atom. The normalized spacial score (nSPS) is 11.1. The van der Waals surface area contributed by atoms with Crippen molar-refractivity contribution in [3.05, 3.63) is 65.3 Å². The van der Waals surface area contributed by atoms with Crippen LogP contribution in [0.1, 0.15) is 19.4 Å². The van der Waals surface area contributed by atoms with Crippen molar-refractivity contribution in [3.63, 3.8) is 0 Å². The lowest BCUT2D eigenvalue weighted by Gasteiger charge is -2.20. The molecule has 0 N–H and O–H groups in total. The molecule has 4 rings (SSSR count). The summed E-state index contributed by atoms with van der Waals surface area (Å²) in [5.74, 6) is 1.20. The zero-order chi connectivity index (χ0) is 20.2. The highest BCUT2D eigenvalue weighted by atomic mass is 35.5. The molecule has 7 heteroatoms. The standard InChI is InChI=1S/C22H21ClN4OS/c1-3-27(4-2)17-10-7-15(8-11-17)21-25-26-22(28-21)29-14-16-9-12-19(23)18-6-5-13-24-20(16)18/h5-13H,3-4,14H2,1-2H3. The summed E-state index contributed by atoms with van der Waals surface area (Å²) < 4.78 is 5.86. The van der Waals surface area contributed by atoms with Gasteiger partial charge >= 0.3 is 0 Å². The number of pyridine rings is 1. The van der Waals surface area contributed by atoms with Crippen molar-refractivity contribution in [2.45, 2.75) is 24.8 Å². The molecule has 0 aliphatic rings. The molecule has 0 fully saturated rings. The van der Waals surface area contributed by atoms with Gasteiger partial charge in [-0.3, -0.25) is 4.98 Å². The van der Waals surface area contributed by atoms with Crippen molar-refractivity contribution in [2.75, 3.05) is 18.0 Å². The van der Waals surface area contributed by atoms with E-state index in [1.54, 1.807) is 6.20 Å². The predicted molar refractivity (Wildman–Crippen MR) is 120 cm³/mol.